The van der Waals surface area contributed by atoms with E-state index in [9.17, 15) is 8.78 Å². The molecule has 5 heteroatoms. The van der Waals surface area contributed by atoms with E-state index in [1.165, 1.54) is 6.07 Å². The van der Waals surface area contributed by atoms with Crippen LogP contribution in [0.15, 0.2) is 18.2 Å². The van der Waals surface area contributed by atoms with Gasteiger partial charge < -0.3 is 14.8 Å². The summed E-state index contributed by atoms with van der Waals surface area (Å²) >= 11 is 0. The van der Waals surface area contributed by atoms with Gasteiger partial charge >= 0.3 is 6.29 Å². The van der Waals surface area contributed by atoms with E-state index in [1.807, 2.05) is 0 Å². The average Bonchev–Trinajstić information content (AvgIpc) is 2.80. The van der Waals surface area contributed by atoms with Crippen LogP contribution in [0.3, 0.4) is 0 Å². The first kappa shape index (κ1) is 9.84. The van der Waals surface area contributed by atoms with Gasteiger partial charge in [0.05, 0.1) is 0 Å². The number of halogens is 2. The maximum Gasteiger partial charge on any atom is 0.586 e. The molecule has 0 bridgehead atoms. The van der Waals surface area contributed by atoms with Crippen molar-refractivity contribution >= 4 is 0 Å². The molecule has 2 aliphatic rings. The predicted molar refractivity (Wildman–Crippen MR) is 52.6 cm³/mol. The van der Waals surface area contributed by atoms with E-state index < -0.39 is 6.29 Å². The topological polar surface area (TPSA) is 30.5 Å². The first-order valence-corrected chi connectivity index (χ1v) is 5.27. The van der Waals surface area contributed by atoms with Crippen molar-refractivity contribution in [1.29, 1.82) is 0 Å². The normalized spacial score (nSPS) is 26.0. The third kappa shape index (κ3) is 1.61. The molecule has 2 aliphatic heterocycles. The Labute approximate surface area is 91.4 Å². The lowest BCUT2D eigenvalue weighted by atomic mass is 10.1. The van der Waals surface area contributed by atoms with Crippen LogP contribution in [0.1, 0.15) is 24.4 Å². The number of nitrogens with one attached hydrogen (secondary N) is 1. The summed E-state index contributed by atoms with van der Waals surface area (Å²) in [6.45, 7) is 0.968. The smallest absolute Gasteiger partial charge is 0.395 e. The number of benzene rings is 1. The SMILES string of the molecule is FC1(F)Oc2ccc([C@@H]3CCCN3)cc2O1. The van der Waals surface area contributed by atoms with Gasteiger partial charge in [-0.1, -0.05) is 6.07 Å². The molecular weight excluding hydrogens is 216 g/mol. The highest BCUT2D eigenvalue weighted by molar-refractivity contribution is 5.46. The van der Waals surface area contributed by atoms with Crippen LogP contribution in [0.25, 0.3) is 0 Å². The lowest BCUT2D eigenvalue weighted by molar-refractivity contribution is -0.286. The Kier molecular flexibility index (Phi) is 2.04. The van der Waals surface area contributed by atoms with Crippen LogP contribution in [0.5, 0.6) is 11.5 Å². The van der Waals surface area contributed by atoms with Crippen LogP contribution in [0.2, 0.25) is 0 Å². The molecule has 1 saturated heterocycles. The van der Waals surface area contributed by atoms with Gasteiger partial charge in [-0.3, -0.25) is 0 Å². The van der Waals surface area contributed by atoms with E-state index in [2.05, 4.69) is 14.8 Å². The van der Waals surface area contributed by atoms with Gasteiger partial charge in [-0.25, -0.2) is 0 Å². The second-order valence-corrected chi connectivity index (χ2v) is 4.02. The Morgan fingerprint density at radius 1 is 1.25 bits per heavy atom. The molecule has 3 nitrogen and oxygen atoms in total. The predicted octanol–water partition coefficient (Wildman–Crippen LogP) is 2.43. The zero-order valence-corrected chi connectivity index (χ0v) is 8.50. The van der Waals surface area contributed by atoms with Crippen molar-refractivity contribution in [1.82, 2.24) is 5.32 Å². The number of rotatable bonds is 1. The summed E-state index contributed by atoms with van der Waals surface area (Å²) in [6.07, 6.45) is -1.39. The molecular formula is C11H11F2NO2. The monoisotopic (exact) mass is 227 g/mol. The van der Waals surface area contributed by atoms with Crippen molar-refractivity contribution in [3.05, 3.63) is 23.8 Å². The summed E-state index contributed by atoms with van der Waals surface area (Å²) in [7, 11) is 0. The molecule has 3 rings (SSSR count). The Bertz CT molecular complexity index is 416. The van der Waals surface area contributed by atoms with E-state index in [1.54, 1.807) is 12.1 Å². The first-order chi connectivity index (χ1) is 7.64. The fourth-order valence-electron chi connectivity index (χ4n) is 2.15. The summed E-state index contributed by atoms with van der Waals surface area (Å²) < 4.78 is 34.3. The van der Waals surface area contributed by atoms with Gasteiger partial charge in [0.1, 0.15) is 0 Å². The Hall–Kier alpha value is -1.36. The maximum atomic E-state index is 12.8. The van der Waals surface area contributed by atoms with E-state index >= 15 is 0 Å². The number of hydrogen-bond donors (Lipinski definition) is 1. The van der Waals surface area contributed by atoms with E-state index in [-0.39, 0.29) is 17.5 Å². The van der Waals surface area contributed by atoms with Crippen molar-refractivity contribution in [2.45, 2.75) is 25.2 Å². The Morgan fingerprint density at radius 3 is 2.81 bits per heavy atom. The molecule has 1 N–H and O–H groups in total. The summed E-state index contributed by atoms with van der Waals surface area (Å²) in [6, 6.07) is 5.19. The molecule has 16 heavy (non-hydrogen) atoms. The summed E-state index contributed by atoms with van der Waals surface area (Å²) in [4.78, 5) is 0. The van der Waals surface area contributed by atoms with Crippen molar-refractivity contribution in [2.24, 2.45) is 0 Å². The van der Waals surface area contributed by atoms with Crippen LogP contribution >= 0.6 is 0 Å². The van der Waals surface area contributed by atoms with Gasteiger partial charge in [0, 0.05) is 6.04 Å². The van der Waals surface area contributed by atoms with E-state index in [0.717, 1.165) is 24.9 Å². The molecule has 0 amide bonds. The number of hydrogen-bond acceptors (Lipinski definition) is 3. The minimum atomic E-state index is -3.52. The zero-order chi connectivity index (χ0) is 11.2. The summed E-state index contributed by atoms with van der Waals surface area (Å²) in [5.74, 6) is 0.225. The van der Waals surface area contributed by atoms with Crippen molar-refractivity contribution < 1.29 is 18.3 Å². The Balaban J connectivity index is 1.89. The molecule has 1 aromatic rings. The number of ether oxygens (including phenoxy) is 2. The minimum Gasteiger partial charge on any atom is -0.395 e. The van der Waals surface area contributed by atoms with Crippen molar-refractivity contribution in [3.8, 4) is 11.5 Å². The lowest BCUT2D eigenvalue weighted by Gasteiger charge is -2.10. The third-order valence-electron chi connectivity index (χ3n) is 2.89. The second kappa shape index (κ2) is 3.31. The zero-order valence-electron chi connectivity index (χ0n) is 8.50. The third-order valence-corrected chi connectivity index (χ3v) is 2.89. The summed E-state index contributed by atoms with van der Waals surface area (Å²) in [5.41, 5.74) is 0.970. The highest BCUT2D eigenvalue weighted by Gasteiger charge is 2.43. The largest absolute Gasteiger partial charge is 0.586 e. The molecule has 2 heterocycles. The fourth-order valence-corrected chi connectivity index (χ4v) is 2.15. The number of alkyl halides is 2. The van der Waals surface area contributed by atoms with Crippen LogP contribution < -0.4 is 14.8 Å². The second-order valence-electron chi connectivity index (χ2n) is 4.02. The molecule has 0 aliphatic carbocycles. The van der Waals surface area contributed by atoms with E-state index in [4.69, 9.17) is 0 Å². The average molecular weight is 227 g/mol. The maximum absolute atomic E-state index is 12.8. The molecule has 0 saturated carbocycles. The van der Waals surface area contributed by atoms with Gasteiger partial charge in [-0.15, -0.1) is 8.78 Å². The number of fused-ring (bicyclic) bond motifs is 1. The molecule has 0 spiro atoms. The molecule has 1 atom stereocenters. The van der Waals surface area contributed by atoms with Gasteiger partial charge in [0.25, 0.3) is 0 Å². The van der Waals surface area contributed by atoms with Gasteiger partial charge in [0.2, 0.25) is 0 Å². The summed E-state index contributed by atoms with van der Waals surface area (Å²) in [5, 5.41) is 3.30. The first-order valence-electron chi connectivity index (χ1n) is 5.27. The molecule has 86 valence electrons. The fraction of sp³-hybridized carbons (Fsp3) is 0.455. The minimum absolute atomic E-state index is 0.103. The van der Waals surface area contributed by atoms with Crippen molar-refractivity contribution in [2.75, 3.05) is 6.54 Å². The quantitative estimate of drug-likeness (QED) is 0.799. The Morgan fingerprint density at radius 2 is 2.06 bits per heavy atom. The van der Waals surface area contributed by atoms with Crippen molar-refractivity contribution in [3.63, 3.8) is 0 Å². The molecule has 1 fully saturated rings. The van der Waals surface area contributed by atoms with Gasteiger partial charge in [0.15, 0.2) is 11.5 Å². The lowest BCUT2D eigenvalue weighted by Crippen LogP contribution is -2.25. The molecule has 0 radical (unpaired) electrons. The standard InChI is InChI=1S/C11H11F2NO2/c12-11(13)15-9-4-3-7(6-10(9)16-11)8-2-1-5-14-8/h3-4,6,8,14H,1-2,5H2/t8-/m0/s1. The van der Waals surface area contributed by atoms with Gasteiger partial charge in [-0.2, -0.15) is 0 Å². The van der Waals surface area contributed by atoms with Crippen LogP contribution in [0, 0.1) is 0 Å². The van der Waals surface area contributed by atoms with Gasteiger partial charge in [-0.05, 0) is 37.1 Å². The molecule has 1 aromatic carbocycles. The molecule has 0 aromatic heterocycles. The highest BCUT2D eigenvalue weighted by Crippen LogP contribution is 2.42. The van der Waals surface area contributed by atoms with E-state index in [0.29, 0.717) is 0 Å². The van der Waals surface area contributed by atoms with Crippen LogP contribution in [0.4, 0.5) is 8.78 Å². The highest BCUT2D eigenvalue weighted by atomic mass is 19.3. The molecule has 0 unspecified atom stereocenters. The van der Waals surface area contributed by atoms with Crippen LogP contribution in [-0.2, 0) is 0 Å². The van der Waals surface area contributed by atoms with Crippen LogP contribution in [-0.4, -0.2) is 12.8 Å².